The molecule has 0 unspecified atom stereocenters. The maximum Gasteiger partial charge on any atom is 0.412 e. The van der Waals surface area contributed by atoms with Gasteiger partial charge >= 0.3 is 12.1 Å². The van der Waals surface area contributed by atoms with Crippen LogP contribution in [-0.2, 0) is 4.74 Å². The lowest BCUT2D eigenvalue weighted by Gasteiger charge is -2.20. The van der Waals surface area contributed by atoms with Gasteiger partial charge in [-0.25, -0.2) is 14.1 Å². The number of fused-ring (bicyclic) bond motifs is 1. The molecular formula is C14H17N3O5. The van der Waals surface area contributed by atoms with E-state index in [1.807, 2.05) is 0 Å². The summed E-state index contributed by atoms with van der Waals surface area (Å²) in [6.07, 6.45) is 2.08. The van der Waals surface area contributed by atoms with Crippen LogP contribution in [0.3, 0.4) is 0 Å². The molecule has 0 saturated carbocycles. The van der Waals surface area contributed by atoms with Crippen LogP contribution in [0.25, 0.3) is 5.52 Å². The van der Waals surface area contributed by atoms with Crippen LogP contribution in [0.4, 0.5) is 10.5 Å². The summed E-state index contributed by atoms with van der Waals surface area (Å²) >= 11 is 0. The summed E-state index contributed by atoms with van der Waals surface area (Å²) in [6.45, 7) is 5.23. The highest BCUT2D eigenvalue weighted by molar-refractivity contribution is 6.00. The van der Waals surface area contributed by atoms with Gasteiger partial charge in [0.1, 0.15) is 16.7 Å². The number of aromatic carboxylic acids is 1. The third-order valence-corrected chi connectivity index (χ3v) is 2.71. The van der Waals surface area contributed by atoms with Crippen LogP contribution in [-0.4, -0.2) is 39.5 Å². The number of hydrogen-bond acceptors (Lipinski definition) is 5. The number of carbonyl (C=O) groups excluding carboxylic acids is 1. The summed E-state index contributed by atoms with van der Waals surface area (Å²) < 4.78 is 11.8. The smallest absolute Gasteiger partial charge is 0.412 e. The zero-order chi connectivity index (χ0) is 16.5. The molecule has 2 aromatic heterocycles. The van der Waals surface area contributed by atoms with E-state index in [1.165, 1.54) is 24.0 Å². The zero-order valence-corrected chi connectivity index (χ0v) is 12.7. The Balaban J connectivity index is 2.44. The van der Waals surface area contributed by atoms with Gasteiger partial charge in [0.2, 0.25) is 0 Å². The number of ether oxygens (including phenoxy) is 2. The number of carboxylic acids is 1. The number of nitrogens with one attached hydrogen (secondary N) is 1. The van der Waals surface area contributed by atoms with Crippen molar-refractivity contribution >= 4 is 23.3 Å². The zero-order valence-electron chi connectivity index (χ0n) is 12.7. The van der Waals surface area contributed by atoms with Crippen molar-refractivity contribution in [2.45, 2.75) is 26.4 Å². The SMILES string of the molecule is COc1c(NC(=O)OC(C)(C)C)ccn2ncc(C(=O)O)c12. The maximum absolute atomic E-state index is 11.9. The summed E-state index contributed by atoms with van der Waals surface area (Å²) in [7, 11) is 1.38. The van der Waals surface area contributed by atoms with Crippen LogP contribution < -0.4 is 10.1 Å². The number of aromatic nitrogens is 2. The summed E-state index contributed by atoms with van der Waals surface area (Å²) in [5.74, 6) is -0.939. The van der Waals surface area contributed by atoms with Crippen LogP contribution in [0.2, 0.25) is 0 Å². The Kier molecular flexibility index (Phi) is 3.94. The molecule has 0 saturated heterocycles. The Bertz CT molecular complexity index is 730. The summed E-state index contributed by atoms with van der Waals surface area (Å²) in [6, 6.07) is 1.55. The fraction of sp³-hybridized carbons (Fsp3) is 0.357. The van der Waals surface area contributed by atoms with Gasteiger partial charge in [-0.2, -0.15) is 5.10 Å². The minimum absolute atomic E-state index is 0.0234. The first-order valence-electron chi connectivity index (χ1n) is 6.50. The van der Waals surface area contributed by atoms with E-state index >= 15 is 0 Å². The van der Waals surface area contributed by atoms with Gasteiger partial charge in [0.25, 0.3) is 0 Å². The molecule has 2 rings (SSSR count). The number of carbonyl (C=O) groups is 2. The van der Waals surface area contributed by atoms with E-state index < -0.39 is 17.7 Å². The molecule has 2 N–H and O–H groups in total. The number of amides is 1. The Morgan fingerprint density at radius 3 is 2.59 bits per heavy atom. The van der Waals surface area contributed by atoms with Crippen molar-refractivity contribution in [3.05, 3.63) is 24.0 Å². The molecule has 0 aliphatic heterocycles. The van der Waals surface area contributed by atoms with Gasteiger partial charge in [0.05, 0.1) is 19.0 Å². The molecule has 2 aromatic rings. The van der Waals surface area contributed by atoms with Crippen LogP contribution in [0.15, 0.2) is 18.5 Å². The topological polar surface area (TPSA) is 102 Å². The van der Waals surface area contributed by atoms with Crippen molar-refractivity contribution < 1.29 is 24.2 Å². The van der Waals surface area contributed by atoms with Crippen LogP contribution in [0.5, 0.6) is 5.75 Å². The van der Waals surface area contributed by atoms with Gasteiger partial charge in [-0.3, -0.25) is 5.32 Å². The minimum Gasteiger partial charge on any atom is -0.492 e. The van der Waals surface area contributed by atoms with E-state index in [9.17, 15) is 14.7 Å². The highest BCUT2D eigenvalue weighted by atomic mass is 16.6. The average Bonchev–Trinajstić information content (AvgIpc) is 2.80. The molecule has 0 aromatic carbocycles. The molecule has 118 valence electrons. The molecular weight excluding hydrogens is 290 g/mol. The standard InChI is InChI=1S/C14H17N3O5/c1-14(2,3)22-13(20)16-9-5-6-17-10(11(9)21-4)8(7-15-17)12(18)19/h5-7H,1-4H3,(H,16,20)(H,18,19). The molecule has 8 heteroatoms. The average molecular weight is 307 g/mol. The van der Waals surface area contributed by atoms with Gasteiger partial charge in [-0.1, -0.05) is 0 Å². The molecule has 8 nitrogen and oxygen atoms in total. The van der Waals surface area contributed by atoms with Crippen molar-refractivity contribution in [3.8, 4) is 5.75 Å². The molecule has 1 amide bonds. The summed E-state index contributed by atoms with van der Waals surface area (Å²) in [5.41, 5.74) is -0.120. The predicted octanol–water partition coefficient (Wildman–Crippen LogP) is 2.39. The first kappa shape index (κ1) is 15.6. The number of rotatable bonds is 3. The van der Waals surface area contributed by atoms with Crippen molar-refractivity contribution in [1.82, 2.24) is 9.61 Å². The molecule has 2 heterocycles. The normalized spacial score (nSPS) is 11.3. The molecule has 0 aliphatic rings. The molecule has 0 bridgehead atoms. The van der Waals surface area contributed by atoms with Gasteiger partial charge in [-0.15, -0.1) is 0 Å². The van der Waals surface area contributed by atoms with E-state index in [-0.39, 0.29) is 16.8 Å². The predicted molar refractivity (Wildman–Crippen MR) is 78.6 cm³/mol. The summed E-state index contributed by atoms with van der Waals surface area (Å²) in [4.78, 5) is 23.1. The second kappa shape index (κ2) is 5.55. The quantitative estimate of drug-likeness (QED) is 0.902. The van der Waals surface area contributed by atoms with Crippen LogP contribution in [0.1, 0.15) is 31.1 Å². The van der Waals surface area contributed by atoms with Crippen LogP contribution in [0, 0.1) is 0 Å². The van der Waals surface area contributed by atoms with Gasteiger partial charge in [0.15, 0.2) is 5.75 Å². The third kappa shape index (κ3) is 3.11. The largest absolute Gasteiger partial charge is 0.492 e. The Hall–Kier alpha value is -2.77. The van der Waals surface area contributed by atoms with Gasteiger partial charge in [0, 0.05) is 6.20 Å². The highest BCUT2D eigenvalue weighted by Crippen LogP contribution is 2.32. The fourth-order valence-electron chi connectivity index (χ4n) is 1.93. The van der Waals surface area contributed by atoms with E-state index in [0.29, 0.717) is 5.69 Å². The molecule has 0 atom stereocenters. The second-order valence-corrected chi connectivity index (χ2v) is 5.55. The Morgan fingerprint density at radius 1 is 1.36 bits per heavy atom. The Morgan fingerprint density at radius 2 is 2.05 bits per heavy atom. The molecule has 0 fully saturated rings. The second-order valence-electron chi connectivity index (χ2n) is 5.55. The molecule has 0 radical (unpaired) electrons. The molecule has 0 aliphatic carbocycles. The first-order valence-corrected chi connectivity index (χ1v) is 6.50. The lowest BCUT2D eigenvalue weighted by molar-refractivity contribution is 0.0634. The Labute approximate surface area is 126 Å². The van der Waals surface area contributed by atoms with E-state index in [0.717, 1.165) is 0 Å². The maximum atomic E-state index is 11.9. The van der Waals surface area contributed by atoms with E-state index in [2.05, 4.69) is 10.4 Å². The fourth-order valence-corrected chi connectivity index (χ4v) is 1.93. The van der Waals surface area contributed by atoms with Gasteiger partial charge < -0.3 is 14.6 Å². The summed E-state index contributed by atoms with van der Waals surface area (Å²) in [5, 5.41) is 15.7. The lowest BCUT2D eigenvalue weighted by atomic mass is 10.2. The number of anilines is 1. The number of methoxy groups -OCH3 is 1. The van der Waals surface area contributed by atoms with Crippen molar-refractivity contribution in [2.24, 2.45) is 0 Å². The number of carboxylic acid groups (broad SMARTS) is 1. The van der Waals surface area contributed by atoms with E-state index in [1.54, 1.807) is 26.8 Å². The van der Waals surface area contributed by atoms with Crippen LogP contribution >= 0.6 is 0 Å². The lowest BCUT2D eigenvalue weighted by Crippen LogP contribution is -2.27. The van der Waals surface area contributed by atoms with Crippen molar-refractivity contribution in [1.29, 1.82) is 0 Å². The third-order valence-electron chi connectivity index (χ3n) is 2.71. The van der Waals surface area contributed by atoms with Gasteiger partial charge in [-0.05, 0) is 26.8 Å². The number of hydrogen-bond donors (Lipinski definition) is 2. The minimum atomic E-state index is -1.14. The first-order chi connectivity index (χ1) is 10.2. The van der Waals surface area contributed by atoms with E-state index in [4.69, 9.17) is 9.47 Å². The monoisotopic (exact) mass is 307 g/mol. The molecule has 22 heavy (non-hydrogen) atoms. The highest BCUT2D eigenvalue weighted by Gasteiger charge is 2.21. The van der Waals surface area contributed by atoms with Crippen molar-refractivity contribution in [3.63, 3.8) is 0 Å². The van der Waals surface area contributed by atoms with Crippen molar-refractivity contribution in [2.75, 3.05) is 12.4 Å². The number of nitrogens with zero attached hydrogens (tertiary/aromatic N) is 2. The number of pyridine rings is 1. The molecule has 0 spiro atoms.